The third-order valence-corrected chi connectivity index (χ3v) is 4.57. The number of hydrogen-bond acceptors (Lipinski definition) is 4. The van der Waals surface area contributed by atoms with Gasteiger partial charge in [0, 0.05) is 44.5 Å². The van der Waals surface area contributed by atoms with E-state index in [9.17, 15) is 9.18 Å². The first-order valence-corrected chi connectivity index (χ1v) is 8.54. The summed E-state index contributed by atoms with van der Waals surface area (Å²) in [5.41, 5.74) is 2.35. The highest BCUT2D eigenvalue weighted by atomic mass is 19.1. The Kier molecular flexibility index (Phi) is 5.38. The van der Waals surface area contributed by atoms with E-state index in [0.717, 1.165) is 42.9 Å². The molecular weight excluding hydrogens is 319 g/mol. The number of carbonyl (C=O) groups is 1. The topological polar surface area (TPSA) is 49.3 Å². The number of hydrogen-bond donors (Lipinski definition) is 0. The number of amides is 1. The minimum Gasteiger partial charge on any atom is -0.348 e. The average Bonchev–Trinajstić information content (AvgIpc) is 2.62. The molecule has 0 unspecified atom stereocenters. The van der Waals surface area contributed by atoms with Gasteiger partial charge in [-0.2, -0.15) is 0 Å². The van der Waals surface area contributed by atoms with E-state index in [4.69, 9.17) is 0 Å². The molecule has 1 amide bonds. The minimum atomic E-state index is -0.282. The van der Waals surface area contributed by atoms with Gasteiger partial charge in [0.05, 0.1) is 17.9 Å². The fourth-order valence-corrected chi connectivity index (χ4v) is 3.26. The highest BCUT2D eigenvalue weighted by Gasteiger charge is 2.26. The van der Waals surface area contributed by atoms with E-state index in [0.29, 0.717) is 6.54 Å². The standard InChI is InChI=1S/C19H23FN4O/c1-23(2)17(25)13-24-10-4-6-15(12-24)19-18(21-8-9-22-19)14-5-3-7-16(20)11-14/h3,5,7-9,11,15H,4,6,10,12-13H2,1-2H3/t15-/m1/s1. The van der Waals surface area contributed by atoms with Crippen LogP contribution in [-0.2, 0) is 4.79 Å². The number of aromatic nitrogens is 2. The molecule has 1 atom stereocenters. The lowest BCUT2D eigenvalue weighted by Gasteiger charge is -2.33. The Bertz CT molecular complexity index is 750. The number of likely N-dealkylation sites (N-methyl/N-ethyl adjacent to an activating group) is 1. The lowest BCUT2D eigenvalue weighted by atomic mass is 9.91. The van der Waals surface area contributed by atoms with Crippen LogP contribution in [0.4, 0.5) is 4.39 Å². The van der Waals surface area contributed by atoms with Gasteiger partial charge < -0.3 is 4.90 Å². The van der Waals surface area contributed by atoms with E-state index < -0.39 is 0 Å². The van der Waals surface area contributed by atoms with Crippen LogP contribution < -0.4 is 0 Å². The van der Waals surface area contributed by atoms with Gasteiger partial charge in [0.1, 0.15) is 5.82 Å². The Balaban J connectivity index is 1.83. The van der Waals surface area contributed by atoms with Crippen LogP contribution in [-0.4, -0.2) is 59.4 Å². The molecule has 1 aromatic carbocycles. The second-order valence-electron chi connectivity index (χ2n) is 6.66. The van der Waals surface area contributed by atoms with Crippen LogP contribution in [0.3, 0.4) is 0 Å². The second kappa shape index (κ2) is 7.70. The van der Waals surface area contributed by atoms with E-state index in [1.165, 1.54) is 12.1 Å². The van der Waals surface area contributed by atoms with Crippen molar-refractivity contribution in [2.24, 2.45) is 0 Å². The van der Waals surface area contributed by atoms with Gasteiger partial charge in [0.25, 0.3) is 0 Å². The molecule has 6 heteroatoms. The molecular formula is C19H23FN4O. The number of nitrogens with zero attached hydrogens (tertiary/aromatic N) is 4. The predicted octanol–water partition coefficient (Wildman–Crippen LogP) is 2.55. The van der Waals surface area contributed by atoms with E-state index in [-0.39, 0.29) is 17.6 Å². The van der Waals surface area contributed by atoms with Crippen LogP contribution in [0.2, 0.25) is 0 Å². The molecule has 1 aromatic heterocycles. The number of piperidine rings is 1. The Morgan fingerprint density at radius 2 is 2.12 bits per heavy atom. The van der Waals surface area contributed by atoms with Gasteiger partial charge in [0.15, 0.2) is 0 Å². The molecule has 0 saturated carbocycles. The molecule has 1 fully saturated rings. The highest BCUT2D eigenvalue weighted by molar-refractivity contribution is 5.77. The highest BCUT2D eigenvalue weighted by Crippen LogP contribution is 2.31. The molecule has 3 rings (SSSR count). The van der Waals surface area contributed by atoms with Crippen molar-refractivity contribution in [1.29, 1.82) is 0 Å². The third-order valence-electron chi connectivity index (χ3n) is 4.57. The molecule has 0 spiro atoms. The minimum absolute atomic E-state index is 0.102. The maximum atomic E-state index is 13.6. The molecule has 2 aromatic rings. The van der Waals surface area contributed by atoms with E-state index in [2.05, 4.69) is 14.9 Å². The normalized spacial score (nSPS) is 18.1. The molecule has 25 heavy (non-hydrogen) atoms. The smallest absolute Gasteiger partial charge is 0.236 e. The van der Waals surface area contributed by atoms with Gasteiger partial charge in [-0.15, -0.1) is 0 Å². The van der Waals surface area contributed by atoms with Gasteiger partial charge in [-0.3, -0.25) is 19.7 Å². The maximum absolute atomic E-state index is 13.6. The third kappa shape index (κ3) is 4.20. The number of rotatable bonds is 4. The number of benzene rings is 1. The zero-order valence-electron chi connectivity index (χ0n) is 14.7. The van der Waals surface area contributed by atoms with Crippen molar-refractivity contribution in [2.75, 3.05) is 33.7 Å². The predicted molar refractivity (Wildman–Crippen MR) is 94.5 cm³/mol. The van der Waals surface area contributed by atoms with Crippen molar-refractivity contribution in [2.45, 2.75) is 18.8 Å². The largest absolute Gasteiger partial charge is 0.348 e. The first-order valence-electron chi connectivity index (χ1n) is 8.54. The lowest BCUT2D eigenvalue weighted by Crippen LogP contribution is -2.41. The molecule has 0 radical (unpaired) electrons. The molecule has 0 N–H and O–H groups in total. The number of halogens is 1. The summed E-state index contributed by atoms with van der Waals surface area (Å²) in [6, 6.07) is 6.46. The average molecular weight is 342 g/mol. The second-order valence-corrected chi connectivity index (χ2v) is 6.66. The zero-order chi connectivity index (χ0) is 17.8. The maximum Gasteiger partial charge on any atom is 0.236 e. The summed E-state index contributed by atoms with van der Waals surface area (Å²) >= 11 is 0. The first-order chi connectivity index (χ1) is 12.0. The van der Waals surface area contributed by atoms with Crippen molar-refractivity contribution < 1.29 is 9.18 Å². The van der Waals surface area contributed by atoms with Crippen molar-refractivity contribution in [3.05, 3.63) is 48.2 Å². The molecule has 1 aliphatic rings. The Labute approximate surface area is 147 Å². The quantitative estimate of drug-likeness (QED) is 0.857. The van der Waals surface area contributed by atoms with Crippen molar-refractivity contribution >= 4 is 5.91 Å². The van der Waals surface area contributed by atoms with Crippen LogP contribution in [0.5, 0.6) is 0 Å². The Morgan fingerprint density at radius 1 is 1.32 bits per heavy atom. The van der Waals surface area contributed by atoms with E-state index in [1.54, 1.807) is 37.5 Å². The van der Waals surface area contributed by atoms with Gasteiger partial charge in [-0.05, 0) is 31.5 Å². The molecule has 0 aliphatic carbocycles. The van der Waals surface area contributed by atoms with Crippen LogP contribution >= 0.6 is 0 Å². The Morgan fingerprint density at radius 3 is 2.88 bits per heavy atom. The summed E-state index contributed by atoms with van der Waals surface area (Å²) in [6.45, 7) is 2.09. The summed E-state index contributed by atoms with van der Waals surface area (Å²) in [6.07, 6.45) is 5.32. The van der Waals surface area contributed by atoms with Crippen LogP contribution in [0, 0.1) is 5.82 Å². The lowest BCUT2D eigenvalue weighted by molar-refractivity contribution is -0.130. The first kappa shape index (κ1) is 17.5. The van der Waals surface area contributed by atoms with E-state index >= 15 is 0 Å². The van der Waals surface area contributed by atoms with Crippen molar-refractivity contribution in [1.82, 2.24) is 19.8 Å². The fourth-order valence-electron chi connectivity index (χ4n) is 3.26. The van der Waals surface area contributed by atoms with Gasteiger partial charge in [-0.1, -0.05) is 12.1 Å². The molecule has 2 heterocycles. The van der Waals surface area contributed by atoms with Crippen LogP contribution in [0.15, 0.2) is 36.7 Å². The van der Waals surface area contributed by atoms with Gasteiger partial charge in [-0.25, -0.2) is 4.39 Å². The summed E-state index contributed by atoms with van der Waals surface area (Å²) in [5, 5.41) is 0. The Hall–Kier alpha value is -2.34. The van der Waals surface area contributed by atoms with Gasteiger partial charge >= 0.3 is 0 Å². The van der Waals surface area contributed by atoms with Gasteiger partial charge in [0.2, 0.25) is 5.91 Å². The summed E-state index contributed by atoms with van der Waals surface area (Å²) < 4.78 is 13.6. The van der Waals surface area contributed by atoms with Crippen LogP contribution in [0.1, 0.15) is 24.5 Å². The molecule has 132 valence electrons. The van der Waals surface area contributed by atoms with E-state index in [1.807, 2.05) is 6.07 Å². The monoisotopic (exact) mass is 342 g/mol. The van der Waals surface area contributed by atoms with Crippen LogP contribution in [0.25, 0.3) is 11.3 Å². The summed E-state index contributed by atoms with van der Waals surface area (Å²) in [4.78, 5) is 24.8. The van der Waals surface area contributed by atoms with Crippen molar-refractivity contribution in [3.8, 4) is 11.3 Å². The fraction of sp³-hybridized carbons (Fsp3) is 0.421. The molecule has 1 aliphatic heterocycles. The molecule has 5 nitrogen and oxygen atoms in total. The number of likely N-dealkylation sites (tertiary alicyclic amines) is 1. The zero-order valence-corrected chi connectivity index (χ0v) is 14.7. The van der Waals surface area contributed by atoms with Crippen molar-refractivity contribution in [3.63, 3.8) is 0 Å². The SMILES string of the molecule is CN(C)C(=O)CN1CCC[C@@H](c2nccnc2-c2cccc(F)c2)C1. The molecule has 1 saturated heterocycles. The molecule has 0 bridgehead atoms. The summed E-state index contributed by atoms with van der Waals surface area (Å²) in [7, 11) is 3.54. The summed E-state index contributed by atoms with van der Waals surface area (Å²) in [5.74, 6) is 0.0109. The number of carbonyl (C=O) groups excluding carboxylic acids is 1.